The second kappa shape index (κ2) is 9.31. The van der Waals surface area contributed by atoms with E-state index in [0.717, 1.165) is 5.69 Å². The number of methoxy groups -OCH3 is 1. The quantitative estimate of drug-likeness (QED) is 0.573. The van der Waals surface area contributed by atoms with E-state index in [0.29, 0.717) is 46.2 Å². The van der Waals surface area contributed by atoms with Crippen LogP contribution in [-0.4, -0.2) is 51.9 Å². The zero-order chi connectivity index (χ0) is 24.5. The van der Waals surface area contributed by atoms with Gasteiger partial charge in [0.1, 0.15) is 11.6 Å². The van der Waals surface area contributed by atoms with Crippen molar-refractivity contribution in [1.29, 1.82) is 5.26 Å². The lowest BCUT2D eigenvalue weighted by Gasteiger charge is -2.43. The van der Waals surface area contributed by atoms with Crippen molar-refractivity contribution in [2.75, 3.05) is 13.7 Å². The van der Waals surface area contributed by atoms with Gasteiger partial charge in [0.25, 0.3) is 5.91 Å². The number of aromatic nitrogens is 2. The summed E-state index contributed by atoms with van der Waals surface area (Å²) < 4.78 is 11.4. The van der Waals surface area contributed by atoms with E-state index in [-0.39, 0.29) is 24.8 Å². The number of rotatable bonds is 6. The fourth-order valence-corrected chi connectivity index (χ4v) is 4.24. The monoisotopic (exact) mass is 481 g/mol. The van der Waals surface area contributed by atoms with Crippen molar-refractivity contribution in [3.05, 3.63) is 52.6 Å². The molecular weight excluding hydrogens is 458 g/mol. The number of hydrogen-bond acceptors (Lipinski definition) is 7. The van der Waals surface area contributed by atoms with Crippen LogP contribution >= 0.6 is 11.6 Å². The Balaban J connectivity index is 1.64. The van der Waals surface area contributed by atoms with Crippen LogP contribution in [0.25, 0.3) is 11.1 Å². The van der Waals surface area contributed by atoms with Gasteiger partial charge in [-0.3, -0.25) is 14.6 Å². The third-order valence-electron chi connectivity index (χ3n) is 5.59. The molecule has 4 rings (SSSR count). The van der Waals surface area contributed by atoms with Crippen LogP contribution in [0, 0.1) is 11.3 Å². The number of carbonyl (C=O) groups is 2. The van der Waals surface area contributed by atoms with E-state index in [9.17, 15) is 14.9 Å². The molecule has 10 heteroatoms. The molecule has 3 heterocycles. The molecule has 176 valence electrons. The van der Waals surface area contributed by atoms with Crippen LogP contribution in [0.4, 0.5) is 0 Å². The molecule has 1 atom stereocenters. The van der Waals surface area contributed by atoms with Crippen molar-refractivity contribution in [3.63, 3.8) is 0 Å². The number of amides is 2. The third kappa shape index (κ3) is 4.82. The Hall–Kier alpha value is -3.64. The first-order valence-electron chi connectivity index (χ1n) is 10.8. The predicted molar refractivity (Wildman–Crippen MR) is 124 cm³/mol. The van der Waals surface area contributed by atoms with Crippen molar-refractivity contribution in [2.24, 2.45) is 0 Å². The second-order valence-electron chi connectivity index (χ2n) is 8.78. The van der Waals surface area contributed by atoms with Crippen LogP contribution in [-0.2, 0) is 17.6 Å². The van der Waals surface area contributed by atoms with Gasteiger partial charge in [0, 0.05) is 35.4 Å². The van der Waals surface area contributed by atoms with Gasteiger partial charge >= 0.3 is 0 Å². The number of halogens is 1. The molecule has 1 aliphatic rings. The van der Waals surface area contributed by atoms with E-state index in [4.69, 9.17) is 20.8 Å². The molecule has 0 aliphatic carbocycles. The number of hydrogen-bond donors (Lipinski definition) is 1. The Labute approximate surface area is 201 Å². The Morgan fingerprint density at radius 3 is 2.88 bits per heavy atom. The Kier molecular flexibility index (Phi) is 6.44. The average Bonchev–Trinajstić information content (AvgIpc) is 3.21. The molecule has 0 saturated carbocycles. The molecule has 2 aromatic heterocycles. The summed E-state index contributed by atoms with van der Waals surface area (Å²) in [5.74, 6) is 0.104. The molecule has 1 saturated heterocycles. The average molecular weight is 482 g/mol. The number of ether oxygens (including phenoxy) is 1. The molecule has 1 unspecified atom stereocenters. The molecule has 1 aliphatic heterocycles. The molecule has 1 aromatic carbocycles. The van der Waals surface area contributed by atoms with Gasteiger partial charge < -0.3 is 19.4 Å². The van der Waals surface area contributed by atoms with Gasteiger partial charge in [0.05, 0.1) is 25.1 Å². The molecule has 0 bridgehead atoms. The number of nitrogens with zero attached hydrogens (tertiary/aromatic N) is 4. The molecule has 1 fully saturated rings. The topological polar surface area (TPSA) is 121 Å². The van der Waals surface area contributed by atoms with E-state index in [1.165, 1.54) is 12.0 Å². The highest BCUT2D eigenvalue weighted by atomic mass is 35.5. The maximum Gasteiger partial charge on any atom is 0.254 e. The zero-order valence-electron chi connectivity index (χ0n) is 19.1. The van der Waals surface area contributed by atoms with Crippen molar-refractivity contribution >= 4 is 34.5 Å². The first kappa shape index (κ1) is 23.5. The number of nitrogens with one attached hydrogen (secondary N) is 1. The van der Waals surface area contributed by atoms with E-state index in [1.54, 1.807) is 30.5 Å². The minimum Gasteiger partial charge on any atom is -0.493 e. The van der Waals surface area contributed by atoms with E-state index >= 15 is 0 Å². The number of nitriles is 1. The van der Waals surface area contributed by atoms with Crippen LogP contribution < -0.4 is 10.1 Å². The van der Waals surface area contributed by atoms with Crippen LogP contribution in [0.5, 0.6) is 5.75 Å². The lowest BCUT2D eigenvalue weighted by atomic mass is 9.96. The zero-order valence-corrected chi connectivity index (χ0v) is 19.8. The summed E-state index contributed by atoms with van der Waals surface area (Å²) >= 11 is 6.02. The van der Waals surface area contributed by atoms with Crippen molar-refractivity contribution in [1.82, 2.24) is 20.2 Å². The highest BCUT2D eigenvalue weighted by molar-refractivity contribution is 6.30. The van der Waals surface area contributed by atoms with Crippen molar-refractivity contribution in [2.45, 2.75) is 44.7 Å². The molecule has 2 amide bonds. The second-order valence-corrected chi connectivity index (χ2v) is 9.22. The van der Waals surface area contributed by atoms with E-state index < -0.39 is 11.6 Å². The first-order valence-corrected chi connectivity index (χ1v) is 11.2. The van der Waals surface area contributed by atoms with Gasteiger partial charge in [-0.15, -0.1) is 0 Å². The number of oxazole rings is 1. The molecule has 0 radical (unpaired) electrons. The number of fused-ring (bicyclic) bond motifs is 1. The molecule has 0 spiro atoms. The van der Waals surface area contributed by atoms with Gasteiger partial charge in [-0.05, 0) is 44.5 Å². The van der Waals surface area contributed by atoms with Crippen molar-refractivity contribution < 1.29 is 18.7 Å². The summed E-state index contributed by atoms with van der Waals surface area (Å²) in [6.45, 7) is 3.92. The maximum atomic E-state index is 13.5. The van der Waals surface area contributed by atoms with Crippen LogP contribution in [0.1, 0.15) is 42.2 Å². The highest BCUT2D eigenvalue weighted by Crippen LogP contribution is 2.30. The summed E-state index contributed by atoms with van der Waals surface area (Å²) in [5, 5.41) is 12.7. The molecular formula is C24H24ClN5O4. The molecule has 1 N–H and O–H groups in total. The number of pyridine rings is 1. The summed E-state index contributed by atoms with van der Waals surface area (Å²) in [6.07, 6.45) is 2.61. The van der Waals surface area contributed by atoms with E-state index in [2.05, 4.69) is 15.3 Å². The molecule has 34 heavy (non-hydrogen) atoms. The number of piperazine rings is 1. The lowest BCUT2D eigenvalue weighted by Crippen LogP contribution is -2.65. The lowest BCUT2D eigenvalue weighted by molar-refractivity contribution is -0.131. The van der Waals surface area contributed by atoms with Gasteiger partial charge in [-0.2, -0.15) is 5.26 Å². The van der Waals surface area contributed by atoms with Gasteiger partial charge in [-0.1, -0.05) is 11.6 Å². The normalized spacial score (nSPS) is 17.3. The standard InChI is InChI=1S/C24H24ClN5O4/c1-24(2)13-30(18(6-8-26)22(31)29-24)23(32)14-10-17-21(19(11-14)33-3)34-20(28-17)5-4-16-12-15(25)7-9-27-16/h7,9-12,18H,4-6,13H2,1-3H3,(H,29,31). The SMILES string of the molecule is COc1cc(C(=O)N2CC(C)(C)NC(=O)C2CC#N)cc2nc(CCc3cc(Cl)ccn3)oc12. The number of carbonyl (C=O) groups excluding carboxylic acids is 2. The van der Waals surface area contributed by atoms with Crippen LogP contribution in [0.3, 0.4) is 0 Å². The smallest absolute Gasteiger partial charge is 0.254 e. The predicted octanol–water partition coefficient (Wildman–Crippen LogP) is 3.30. The third-order valence-corrected chi connectivity index (χ3v) is 5.83. The fraction of sp³-hybridized carbons (Fsp3) is 0.375. The number of benzene rings is 1. The van der Waals surface area contributed by atoms with Crippen molar-refractivity contribution in [3.8, 4) is 11.8 Å². The Morgan fingerprint density at radius 2 is 2.18 bits per heavy atom. The fourth-order valence-electron chi connectivity index (χ4n) is 4.05. The maximum absolute atomic E-state index is 13.5. The first-order chi connectivity index (χ1) is 16.2. The van der Waals surface area contributed by atoms with Gasteiger partial charge in [0.2, 0.25) is 5.91 Å². The van der Waals surface area contributed by atoms with Crippen LogP contribution in [0.15, 0.2) is 34.9 Å². The summed E-state index contributed by atoms with van der Waals surface area (Å²) in [7, 11) is 1.48. The number of aryl methyl sites for hydroxylation is 2. The largest absolute Gasteiger partial charge is 0.493 e. The Bertz CT molecular complexity index is 1300. The highest BCUT2D eigenvalue weighted by Gasteiger charge is 2.41. The van der Waals surface area contributed by atoms with E-state index in [1.807, 2.05) is 19.9 Å². The minimum absolute atomic E-state index is 0.0985. The van der Waals surface area contributed by atoms with Gasteiger partial charge in [-0.25, -0.2) is 4.98 Å². The summed E-state index contributed by atoms with van der Waals surface area (Å²) in [4.78, 5) is 36.3. The Morgan fingerprint density at radius 1 is 1.38 bits per heavy atom. The molecule has 9 nitrogen and oxygen atoms in total. The molecule has 3 aromatic rings. The minimum atomic E-state index is -0.870. The van der Waals surface area contributed by atoms with Crippen LogP contribution in [0.2, 0.25) is 5.02 Å². The van der Waals surface area contributed by atoms with Gasteiger partial charge in [0.15, 0.2) is 17.2 Å². The summed E-state index contributed by atoms with van der Waals surface area (Å²) in [5.41, 5.74) is 1.39. The summed E-state index contributed by atoms with van der Waals surface area (Å²) in [6, 6.07) is 7.81.